The highest BCUT2D eigenvalue weighted by Gasteiger charge is 2.16. The van der Waals surface area contributed by atoms with Gasteiger partial charge in [-0.2, -0.15) is 11.8 Å². The molecule has 0 saturated carbocycles. The second-order valence-corrected chi connectivity index (χ2v) is 5.00. The molecule has 78 valence electrons. The first-order valence-corrected chi connectivity index (χ1v) is 6.49. The number of likely N-dealkylation sites (tertiary alicyclic amines) is 1. The van der Waals surface area contributed by atoms with Crippen molar-refractivity contribution < 1.29 is 0 Å². The molecule has 0 aromatic rings. The third-order valence-electron chi connectivity index (χ3n) is 2.75. The van der Waals surface area contributed by atoms with Crippen LogP contribution in [0.2, 0.25) is 0 Å². The first kappa shape index (κ1) is 11.3. The van der Waals surface area contributed by atoms with Gasteiger partial charge in [0.05, 0.1) is 0 Å². The van der Waals surface area contributed by atoms with Crippen LogP contribution >= 0.6 is 11.8 Å². The van der Waals surface area contributed by atoms with Crippen LogP contribution in [-0.2, 0) is 0 Å². The number of rotatable bonds is 5. The molecule has 0 aromatic heterocycles. The predicted molar refractivity (Wildman–Crippen MR) is 61.5 cm³/mol. The minimum absolute atomic E-state index is 0.773. The number of hydrogen-bond donors (Lipinski definition) is 1. The molecule has 0 unspecified atom stereocenters. The largest absolute Gasteiger partial charge is 0.317 e. The normalized spacial score (nSPS) is 20.8. The van der Waals surface area contributed by atoms with Crippen LogP contribution < -0.4 is 5.32 Å². The van der Waals surface area contributed by atoms with E-state index in [0.717, 1.165) is 6.04 Å². The number of thioether (sulfide) groups is 1. The van der Waals surface area contributed by atoms with Gasteiger partial charge in [0, 0.05) is 18.3 Å². The van der Waals surface area contributed by atoms with E-state index in [1.807, 2.05) is 0 Å². The highest BCUT2D eigenvalue weighted by Crippen LogP contribution is 2.10. The molecule has 1 aliphatic heterocycles. The minimum Gasteiger partial charge on any atom is -0.317 e. The second-order valence-electron chi connectivity index (χ2n) is 3.60. The summed E-state index contributed by atoms with van der Waals surface area (Å²) in [7, 11) is 2.08. The van der Waals surface area contributed by atoms with E-state index in [9.17, 15) is 0 Å². The highest BCUT2D eigenvalue weighted by molar-refractivity contribution is 7.99. The molecule has 13 heavy (non-hydrogen) atoms. The Bertz CT molecular complexity index is 119. The number of hydrogen-bond acceptors (Lipinski definition) is 3. The van der Waals surface area contributed by atoms with Crippen molar-refractivity contribution in [3.05, 3.63) is 0 Å². The maximum Gasteiger partial charge on any atom is 0.00884 e. The maximum atomic E-state index is 3.36. The quantitative estimate of drug-likeness (QED) is 0.679. The van der Waals surface area contributed by atoms with E-state index < -0.39 is 0 Å². The topological polar surface area (TPSA) is 15.3 Å². The first-order valence-electron chi connectivity index (χ1n) is 5.34. The van der Waals surface area contributed by atoms with Crippen molar-refractivity contribution in [1.29, 1.82) is 0 Å². The third kappa shape index (κ3) is 4.34. The lowest BCUT2D eigenvalue weighted by Gasteiger charge is -2.31. The van der Waals surface area contributed by atoms with Gasteiger partial charge in [0.15, 0.2) is 0 Å². The molecule has 1 heterocycles. The summed E-state index contributed by atoms with van der Waals surface area (Å²) in [4.78, 5) is 2.59. The van der Waals surface area contributed by atoms with Crippen molar-refractivity contribution in [1.82, 2.24) is 10.2 Å². The number of piperidine rings is 1. The van der Waals surface area contributed by atoms with Crippen molar-refractivity contribution in [3.63, 3.8) is 0 Å². The average Bonchev–Trinajstić information content (AvgIpc) is 2.19. The smallest absolute Gasteiger partial charge is 0.00884 e. The van der Waals surface area contributed by atoms with Crippen LogP contribution in [0.15, 0.2) is 0 Å². The molecule has 0 amide bonds. The van der Waals surface area contributed by atoms with Crippen LogP contribution in [0.4, 0.5) is 0 Å². The Morgan fingerprint density at radius 3 is 2.62 bits per heavy atom. The van der Waals surface area contributed by atoms with Crippen molar-refractivity contribution in [2.45, 2.75) is 25.8 Å². The van der Waals surface area contributed by atoms with E-state index in [4.69, 9.17) is 0 Å². The summed E-state index contributed by atoms with van der Waals surface area (Å²) in [5.41, 5.74) is 0. The summed E-state index contributed by atoms with van der Waals surface area (Å²) in [6.07, 6.45) is 2.65. The summed E-state index contributed by atoms with van der Waals surface area (Å²) >= 11 is 2.05. The van der Waals surface area contributed by atoms with Gasteiger partial charge in [-0.05, 0) is 38.7 Å². The summed E-state index contributed by atoms with van der Waals surface area (Å²) in [6, 6.07) is 0.773. The van der Waals surface area contributed by atoms with Gasteiger partial charge in [-0.3, -0.25) is 0 Å². The van der Waals surface area contributed by atoms with Gasteiger partial charge in [0.25, 0.3) is 0 Å². The molecule has 2 nitrogen and oxygen atoms in total. The fourth-order valence-corrected chi connectivity index (χ4v) is 2.46. The van der Waals surface area contributed by atoms with E-state index in [0.29, 0.717) is 0 Å². The molecule has 1 saturated heterocycles. The molecule has 0 atom stereocenters. The second kappa shape index (κ2) is 6.68. The molecule has 1 fully saturated rings. The summed E-state index contributed by atoms with van der Waals surface area (Å²) in [5.74, 6) is 2.56. The van der Waals surface area contributed by atoms with Crippen molar-refractivity contribution in [2.24, 2.45) is 0 Å². The van der Waals surface area contributed by atoms with Crippen LogP contribution in [0, 0.1) is 0 Å². The lowest BCUT2D eigenvalue weighted by Crippen LogP contribution is -2.41. The molecule has 0 aromatic carbocycles. The standard InChI is InChI=1S/C10H22N2S/c1-3-13-9-8-12-6-4-10(11-2)5-7-12/h10-11H,3-9H2,1-2H3. The van der Waals surface area contributed by atoms with Gasteiger partial charge in [-0.15, -0.1) is 0 Å². The Balaban J connectivity index is 2.03. The molecular weight excluding hydrogens is 180 g/mol. The van der Waals surface area contributed by atoms with Crippen LogP contribution in [0.3, 0.4) is 0 Å². The summed E-state index contributed by atoms with van der Waals surface area (Å²) < 4.78 is 0. The summed E-state index contributed by atoms with van der Waals surface area (Å²) in [6.45, 7) is 6.10. The third-order valence-corrected chi connectivity index (χ3v) is 3.63. The summed E-state index contributed by atoms with van der Waals surface area (Å²) in [5, 5.41) is 3.36. The van der Waals surface area contributed by atoms with Crippen molar-refractivity contribution in [2.75, 3.05) is 38.2 Å². The fourth-order valence-electron chi connectivity index (χ4n) is 1.78. The molecule has 0 radical (unpaired) electrons. The van der Waals surface area contributed by atoms with Gasteiger partial charge < -0.3 is 10.2 Å². The van der Waals surface area contributed by atoms with Crippen molar-refractivity contribution >= 4 is 11.8 Å². The van der Waals surface area contributed by atoms with Gasteiger partial charge in [0.2, 0.25) is 0 Å². The SMILES string of the molecule is CCSCCN1CCC(NC)CC1. The molecule has 0 bridgehead atoms. The lowest BCUT2D eigenvalue weighted by atomic mass is 10.1. The molecule has 1 N–H and O–H groups in total. The van der Waals surface area contributed by atoms with Gasteiger partial charge >= 0.3 is 0 Å². The molecule has 1 aliphatic rings. The van der Waals surface area contributed by atoms with E-state index >= 15 is 0 Å². The van der Waals surface area contributed by atoms with E-state index in [-0.39, 0.29) is 0 Å². The van der Waals surface area contributed by atoms with Gasteiger partial charge in [-0.1, -0.05) is 6.92 Å². The Labute approximate surface area is 86.5 Å². The Kier molecular flexibility index (Phi) is 5.83. The van der Waals surface area contributed by atoms with Crippen LogP contribution in [0.5, 0.6) is 0 Å². The maximum absolute atomic E-state index is 3.36. The van der Waals surface area contributed by atoms with E-state index in [2.05, 4.69) is 35.9 Å². The van der Waals surface area contributed by atoms with Crippen LogP contribution in [0.1, 0.15) is 19.8 Å². The Hall–Kier alpha value is 0.270. The molecule has 3 heteroatoms. The van der Waals surface area contributed by atoms with E-state index in [1.54, 1.807) is 0 Å². The zero-order valence-corrected chi connectivity index (χ0v) is 9.70. The Morgan fingerprint density at radius 1 is 1.38 bits per heavy atom. The highest BCUT2D eigenvalue weighted by atomic mass is 32.2. The van der Waals surface area contributed by atoms with E-state index in [1.165, 1.54) is 44.0 Å². The lowest BCUT2D eigenvalue weighted by molar-refractivity contribution is 0.212. The van der Waals surface area contributed by atoms with Gasteiger partial charge in [-0.25, -0.2) is 0 Å². The van der Waals surface area contributed by atoms with Gasteiger partial charge in [0.1, 0.15) is 0 Å². The zero-order chi connectivity index (χ0) is 9.52. The molecule has 1 rings (SSSR count). The monoisotopic (exact) mass is 202 g/mol. The molecular formula is C10H22N2S. The predicted octanol–water partition coefficient (Wildman–Crippen LogP) is 1.42. The van der Waals surface area contributed by atoms with Crippen LogP contribution in [-0.4, -0.2) is 49.1 Å². The fraction of sp³-hybridized carbons (Fsp3) is 1.00. The first-order chi connectivity index (χ1) is 6.36. The zero-order valence-electron chi connectivity index (χ0n) is 8.88. The minimum atomic E-state index is 0.773. The number of nitrogens with one attached hydrogen (secondary N) is 1. The molecule has 0 spiro atoms. The Morgan fingerprint density at radius 2 is 2.08 bits per heavy atom. The molecule has 0 aliphatic carbocycles. The van der Waals surface area contributed by atoms with Crippen LogP contribution in [0.25, 0.3) is 0 Å². The number of nitrogens with zero attached hydrogens (tertiary/aromatic N) is 1. The average molecular weight is 202 g/mol. The van der Waals surface area contributed by atoms with Crippen molar-refractivity contribution in [3.8, 4) is 0 Å².